The molecule has 0 spiro atoms. The molecule has 0 radical (unpaired) electrons. The molecule has 1 atom stereocenters. The van der Waals surface area contributed by atoms with Gasteiger partial charge in [0.2, 0.25) is 11.8 Å². The summed E-state index contributed by atoms with van der Waals surface area (Å²) < 4.78 is 0. The van der Waals surface area contributed by atoms with E-state index in [1.54, 1.807) is 0 Å². The van der Waals surface area contributed by atoms with Crippen molar-refractivity contribution in [1.29, 1.82) is 0 Å². The molecule has 0 aromatic rings. The molecule has 1 fully saturated rings. The van der Waals surface area contributed by atoms with E-state index in [4.69, 9.17) is 5.11 Å². The number of piperidine rings is 1. The third-order valence-corrected chi connectivity index (χ3v) is 3.35. The normalized spacial score (nSPS) is 18.9. The second-order valence-electron chi connectivity index (χ2n) is 5.51. The third-order valence-electron chi connectivity index (χ3n) is 3.35. The van der Waals surface area contributed by atoms with Crippen LogP contribution in [0, 0.1) is 0 Å². The summed E-state index contributed by atoms with van der Waals surface area (Å²) in [5.74, 6) is -1.16. The van der Waals surface area contributed by atoms with E-state index in [1.807, 2.05) is 13.8 Å². The highest BCUT2D eigenvalue weighted by Gasteiger charge is 2.31. The van der Waals surface area contributed by atoms with Crippen LogP contribution in [0.4, 0.5) is 0 Å². The van der Waals surface area contributed by atoms with Crippen LogP contribution < -0.4 is 5.32 Å². The maximum Gasteiger partial charge on any atom is 0.326 e. The maximum absolute atomic E-state index is 12.0. The number of nitrogens with zero attached hydrogens (tertiary/aromatic N) is 1. The van der Waals surface area contributed by atoms with Crippen molar-refractivity contribution in [1.82, 2.24) is 10.2 Å². The number of likely N-dealkylation sites (tertiary alicyclic amines) is 1. The number of carbonyl (C=O) groups is 3. The van der Waals surface area contributed by atoms with Gasteiger partial charge < -0.3 is 15.3 Å². The van der Waals surface area contributed by atoms with Crippen molar-refractivity contribution in [3.05, 3.63) is 0 Å². The minimum absolute atomic E-state index is 0.0683. The van der Waals surface area contributed by atoms with Crippen LogP contribution in [0.25, 0.3) is 0 Å². The molecule has 1 unspecified atom stereocenters. The summed E-state index contributed by atoms with van der Waals surface area (Å²) in [5.41, 5.74) is 0. The molecule has 0 aliphatic carbocycles. The number of carboxylic acids is 1. The van der Waals surface area contributed by atoms with Gasteiger partial charge in [0.1, 0.15) is 6.04 Å². The van der Waals surface area contributed by atoms with Crippen molar-refractivity contribution in [2.24, 2.45) is 0 Å². The number of nitrogens with one attached hydrogen (secondary N) is 1. The zero-order valence-corrected chi connectivity index (χ0v) is 12.2. The summed E-state index contributed by atoms with van der Waals surface area (Å²) in [6.07, 6.45) is 3.21. The Morgan fingerprint density at radius 3 is 2.55 bits per heavy atom. The highest BCUT2D eigenvalue weighted by atomic mass is 16.4. The van der Waals surface area contributed by atoms with E-state index in [2.05, 4.69) is 5.32 Å². The molecule has 2 amide bonds. The van der Waals surface area contributed by atoms with Crippen molar-refractivity contribution in [3.8, 4) is 0 Å². The van der Waals surface area contributed by atoms with Gasteiger partial charge in [-0.3, -0.25) is 9.59 Å². The second-order valence-corrected chi connectivity index (χ2v) is 5.51. The predicted molar refractivity (Wildman–Crippen MR) is 74.1 cm³/mol. The van der Waals surface area contributed by atoms with Crippen molar-refractivity contribution in [2.75, 3.05) is 6.54 Å². The van der Waals surface area contributed by atoms with Gasteiger partial charge in [0.05, 0.1) is 0 Å². The first-order valence-electron chi connectivity index (χ1n) is 7.23. The Kier molecular flexibility index (Phi) is 6.48. The summed E-state index contributed by atoms with van der Waals surface area (Å²) in [6, 6.07) is -0.600. The monoisotopic (exact) mass is 284 g/mol. The Morgan fingerprint density at radius 2 is 1.95 bits per heavy atom. The van der Waals surface area contributed by atoms with Crippen LogP contribution in [0.5, 0.6) is 0 Å². The molecule has 0 aromatic heterocycles. The van der Waals surface area contributed by atoms with E-state index in [-0.39, 0.29) is 24.3 Å². The van der Waals surface area contributed by atoms with Crippen LogP contribution in [-0.4, -0.2) is 46.4 Å². The van der Waals surface area contributed by atoms with Crippen LogP contribution in [0.1, 0.15) is 52.4 Å². The second kappa shape index (κ2) is 7.87. The summed E-state index contributed by atoms with van der Waals surface area (Å²) in [6.45, 7) is 4.27. The number of carboxylic acid groups (broad SMARTS) is 1. The lowest BCUT2D eigenvalue weighted by molar-refractivity contribution is -0.152. The first kappa shape index (κ1) is 16.5. The summed E-state index contributed by atoms with van der Waals surface area (Å²) in [4.78, 5) is 36.1. The van der Waals surface area contributed by atoms with E-state index in [1.165, 1.54) is 4.90 Å². The van der Waals surface area contributed by atoms with Crippen LogP contribution in [0.2, 0.25) is 0 Å². The highest BCUT2D eigenvalue weighted by molar-refractivity contribution is 5.84. The number of hydrogen-bond donors (Lipinski definition) is 2. The molecule has 114 valence electrons. The minimum atomic E-state index is -0.935. The van der Waals surface area contributed by atoms with Crippen LogP contribution in [0.15, 0.2) is 0 Å². The first-order valence-corrected chi connectivity index (χ1v) is 7.23. The zero-order valence-electron chi connectivity index (χ0n) is 12.2. The van der Waals surface area contributed by atoms with Gasteiger partial charge in [-0.2, -0.15) is 0 Å². The van der Waals surface area contributed by atoms with E-state index in [0.717, 1.165) is 12.8 Å². The van der Waals surface area contributed by atoms with Gasteiger partial charge in [0.25, 0.3) is 0 Å². The van der Waals surface area contributed by atoms with E-state index < -0.39 is 12.0 Å². The van der Waals surface area contributed by atoms with Gasteiger partial charge in [-0.25, -0.2) is 4.79 Å². The number of aliphatic carboxylic acids is 1. The molecule has 1 aliphatic rings. The summed E-state index contributed by atoms with van der Waals surface area (Å²) in [5, 5.41) is 11.9. The van der Waals surface area contributed by atoms with Gasteiger partial charge in [0, 0.05) is 25.4 Å². The number of carbonyl (C=O) groups excluding carboxylic acids is 2. The molecule has 0 bridgehead atoms. The fourth-order valence-corrected chi connectivity index (χ4v) is 2.42. The molecule has 1 heterocycles. The van der Waals surface area contributed by atoms with Crippen LogP contribution in [-0.2, 0) is 14.4 Å². The van der Waals surface area contributed by atoms with Crippen molar-refractivity contribution in [3.63, 3.8) is 0 Å². The standard InChI is InChI=1S/C14H24N2O4/c1-10(2)15-12(17)7-5-8-13(18)16-9-4-3-6-11(16)14(19)20/h10-11H,3-9H2,1-2H3,(H,15,17)(H,19,20). The number of rotatable bonds is 6. The molecule has 1 rings (SSSR count). The quantitative estimate of drug-likeness (QED) is 0.766. The summed E-state index contributed by atoms with van der Waals surface area (Å²) in [7, 11) is 0. The van der Waals surface area contributed by atoms with Gasteiger partial charge in [-0.15, -0.1) is 0 Å². The first-order chi connectivity index (χ1) is 9.41. The minimum Gasteiger partial charge on any atom is -0.480 e. The predicted octanol–water partition coefficient (Wildman–Crippen LogP) is 1.15. The topological polar surface area (TPSA) is 86.7 Å². The average Bonchev–Trinajstić information content (AvgIpc) is 2.37. The Morgan fingerprint density at radius 1 is 1.25 bits per heavy atom. The lowest BCUT2D eigenvalue weighted by Crippen LogP contribution is -2.47. The summed E-state index contributed by atoms with van der Waals surface area (Å²) >= 11 is 0. The number of amides is 2. The largest absolute Gasteiger partial charge is 0.480 e. The van der Waals surface area contributed by atoms with Crippen molar-refractivity contribution in [2.45, 2.75) is 64.5 Å². The SMILES string of the molecule is CC(C)NC(=O)CCCC(=O)N1CCCCC1C(=O)O. The van der Waals surface area contributed by atoms with Crippen molar-refractivity contribution >= 4 is 17.8 Å². The fraction of sp³-hybridized carbons (Fsp3) is 0.786. The Bertz CT molecular complexity index is 368. The Labute approximate surface area is 119 Å². The average molecular weight is 284 g/mol. The molecular weight excluding hydrogens is 260 g/mol. The number of hydrogen-bond acceptors (Lipinski definition) is 3. The van der Waals surface area contributed by atoms with Gasteiger partial charge in [-0.05, 0) is 39.5 Å². The molecule has 0 aromatic carbocycles. The van der Waals surface area contributed by atoms with Gasteiger partial charge >= 0.3 is 5.97 Å². The third kappa shape index (κ3) is 5.19. The van der Waals surface area contributed by atoms with E-state index >= 15 is 0 Å². The zero-order chi connectivity index (χ0) is 15.1. The molecule has 1 saturated heterocycles. The molecule has 1 aliphatic heterocycles. The van der Waals surface area contributed by atoms with E-state index in [0.29, 0.717) is 25.8 Å². The smallest absolute Gasteiger partial charge is 0.326 e. The van der Waals surface area contributed by atoms with Gasteiger partial charge in [0.15, 0.2) is 0 Å². The highest BCUT2D eigenvalue weighted by Crippen LogP contribution is 2.18. The lowest BCUT2D eigenvalue weighted by Gasteiger charge is -2.33. The molecular formula is C14H24N2O4. The Balaban J connectivity index is 2.37. The van der Waals surface area contributed by atoms with Crippen LogP contribution >= 0.6 is 0 Å². The maximum atomic E-state index is 12.0. The fourth-order valence-electron chi connectivity index (χ4n) is 2.42. The Hall–Kier alpha value is -1.59. The molecule has 0 saturated carbocycles. The van der Waals surface area contributed by atoms with Crippen molar-refractivity contribution < 1.29 is 19.5 Å². The molecule has 20 heavy (non-hydrogen) atoms. The molecule has 6 nitrogen and oxygen atoms in total. The molecule has 6 heteroatoms. The van der Waals surface area contributed by atoms with Gasteiger partial charge in [-0.1, -0.05) is 0 Å². The molecule has 2 N–H and O–H groups in total. The lowest BCUT2D eigenvalue weighted by atomic mass is 10.0. The van der Waals surface area contributed by atoms with Crippen LogP contribution in [0.3, 0.4) is 0 Å². The van der Waals surface area contributed by atoms with E-state index in [9.17, 15) is 14.4 Å².